The van der Waals surface area contributed by atoms with Gasteiger partial charge in [-0.15, -0.1) is 11.3 Å². The van der Waals surface area contributed by atoms with Gasteiger partial charge >= 0.3 is 0 Å². The molecule has 2 unspecified atom stereocenters. The number of halogens is 1. The Bertz CT molecular complexity index is 594. The number of fused-ring (bicyclic) bond motifs is 1. The van der Waals surface area contributed by atoms with Crippen LogP contribution in [0.3, 0.4) is 0 Å². The fourth-order valence-corrected chi connectivity index (χ4v) is 2.74. The van der Waals surface area contributed by atoms with Gasteiger partial charge in [0.1, 0.15) is 11.6 Å². The first-order chi connectivity index (χ1) is 8.66. The summed E-state index contributed by atoms with van der Waals surface area (Å²) in [5.41, 5.74) is 0.0929. The highest BCUT2D eigenvalue weighted by atomic mass is 32.1. The van der Waals surface area contributed by atoms with Crippen LogP contribution in [0.25, 0.3) is 0 Å². The maximum atomic E-state index is 13.1. The number of aliphatic hydroxyl groups is 1. The number of benzene rings is 1. The second-order valence-corrected chi connectivity index (χ2v) is 4.98. The first kappa shape index (κ1) is 11.4. The molecule has 1 N–H and O–H groups in total. The molecule has 1 aromatic heterocycles. The molecular weight excluding hydrogens is 255 g/mol. The lowest BCUT2D eigenvalue weighted by atomic mass is 9.97. The van der Waals surface area contributed by atoms with Crippen LogP contribution >= 0.6 is 11.3 Å². The van der Waals surface area contributed by atoms with Crippen LogP contribution in [0.5, 0.6) is 5.75 Å². The Labute approximate surface area is 106 Å². The number of carbonyl (C=O) groups excluding carboxylic acids is 1. The Morgan fingerprint density at radius 2 is 2.17 bits per heavy atom. The van der Waals surface area contributed by atoms with Gasteiger partial charge in [0.15, 0.2) is 18.0 Å². The summed E-state index contributed by atoms with van der Waals surface area (Å²) < 4.78 is 18.7. The monoisotopic (exact) mass is 264 g/mol. The van der Waals surface area contributed by atoms with Gasteiger partial charge in [0.25, 0.3) is 0 Å². The number of hydrogen-bond donors (Lipinski definition) is 1. The molecule has 0 fully saturated rings. The molecule has 0 amide bonds. The molecule has 1 aromatic carbocycles. The highest BCUT2D eigenvalue weighted by Crippen LogP contribution is 2.36. The van der Waals surface area contributed by atoms with E-state index in [0.29, 0.717) is 5.75 Å². The summed E-state index contributed by atoms with van der Waals surface area (Å²) in [6, 6.07) is 7.34. The molecule has 1 aliphatic heterocycles. The number of Topliss-reactive ketones (excluding diaryl/α,β-unsaturated/α-hetero) is 1. The highest BCUT2D eigenvalue weighted by Gasteiger charge is 2.37. The van der Waals surface area contributed by atoms with Crippen molar-refractivity contribution in [1.82, 2.24) is 0 Å². The zero-order valence-corrected chi connectivity index (χ0v) is 9.99. The predicted molar refractivity (Wildman–Crippen MR) is 64.4 cm³/mol. The summed E-state index contributed by atoms with van der Waals surface area (Å²) in [7, 11) is 0. The van der Waals surface area contributed by atoms with Crippen molar-refractivity contribution in [1.29, 1.82) is 0 Å². The number of carbonyl (C=O) groups is 1. The van der Waals surface area contributed by atoms with Crippen molar-refractivity contribution in [3.63, 3.8) is 0 Å². The summed E-state index contributed by atoms with van der Waals surface area (Å²) in [5.74, 6) is -0.716. The molecule has 0 saturated heterocycles. The van der Waals surface area contributed by atoms with E-state index in [0.717, 1.165) is 10.9 Å². The number of rotatable bonds is 1. The molecular formula is C13H9FO3S. The number of ketones is 1. The van der Waals surface area contributed by atoms with E-state index in [1.807, 2.05) is 11.4 Å². The first-order valence-electron chi connectivity index (χ1n) is 5.39. The van der Waals surface area contributed by atoms with Crippen molar-refractivity contribution in [2.45, 2.75) is 12.2 Å². The average molecular weight is 264 g/mol. The number of aliphatic hydroxyl groups excluding tert-OH is 1. The molecule has 3 rings (SSSR count). The minimum atomic E-state index is -1.29. The van der Waals surface area contributed by atoms with Gasteiger partial charge < -0.3 is 9.84 Å². The summed E-state index contributed by atoms with van der Waals surface area (Å²) in [6.07, 6.45) is -2.01. The van der Waals surface area contributed by atoms with Crippen LogP contribution < -0.4 is 4.74 Å². The van der Waals surface area contributed by atoms with Crippen LogP contribution in [0.1, 0.15) is 21.3 Å². The van der Waals surface area contributed by atoms with E-state index in [2.05, 4.69) is 0 Å². The molecule has 18 heavy (non-hydrogen) atoms. The smallest absolute Gasteiger partial charge is 0.199 e. The number of thiophene rings is 1. The Balaban J connectivity index is 2.05. The Morgan fingerprint density at radius 1 is 1.33 bits per heavy atom. The second-order valence-electron chi connectivity index (χ2n) is 4.00. The quantitative estimate of drug-likeness (QED) is 0.861. The van der Waals surface area contributed by atoms with Crippen LogP contribution in [0.4, 0.5) is 4.39 Å². The molecule has 0 aliphatic carbocycles. The Kier molecular flexibility index (Phi) is 2.65. The van der Waals surface area contributed by atoms with Gasteiger partial charge in [0, 0.05) is 4.88 Å². The molecule has 0 saturated carbocycles. The van der Waals surface area contributed by atoms with E-state index in [9.17, 15) is 14.3 Å². The fraction of sp³-hybridized carbons (Fsp3) is 0.154. The van der Waals surface area contributed by atoms with Gasteiger partial charge in [-0.2, -0.15) is 0 Å². The standard InChI is InChI=1S/C13H9FO3S/c14-7-3-4-9-8(6-7)11(15)12(16)13(17-9)10-2-1-5-18-10/h1-6,12-13,16H. The Hall–Kier alpha value is -1.72. The van der Waals surface area contributed by atoms with Crippen molar-refractivity contribution in [2.75, 3.05) is 0 Å². The molecule has 0 radical (unpaired) electrons. The molecule has 2 aromatic rings. The lowest BCUT2D eigenvalue weighted by molar-refractivity contribution is 0.0228. The Morgan fingerprint density at radius 3 is 2.89 bits per heavy atom. The molecule has 2 atom stereocenters. The third-order valence-corrected chi connectivity index (χ3v) is 3.77. The van der Waals surface area contributed by atoms with E-state index in [4.69, 9.17) is 4.74 Å². The van der Waals surface area contributed by atoms with E-state index in [1.165, 1.54) is 23.5 Å². The zero-order chi connectivity index (χ0) is 12.7. The van der Waals surface area contributed by atoms with Crippen molar-refractivity contribution in [3.8, 4) is 5.75 Å². The van der Waals surface area contributed by atoms with Crippen LogP contribution in [0.15, 0.2) is 35.7 Å². The largest absolute Gasteiger partial charge is 0.481 e. The maximum absolute atomic E-state index is 13.1. The first-order valence-corrected chi connectivity index (χ1v) is 6.26. The van der Waals surface area contributed by atoms with Crippen molar-refractivity contribution in [2.24, 2.45) is 0 Å². The normalized spacial score (nSPS) is 22.4. The van der Waals surface area contributed by atoms with Crippen molar-refractivity contribution >= 4 is 17.1 Å². The summed E-state index contributed by atoms with van der Waals surface area (Å²) in [6.45, 7) is 0. The van der Waals surface area contributed by atoms with Crippen LogP contribution in [-0.2, 0) is 0 Å². The molecule has 92 valence electrons. The van der Waals surface area contributed by atoms with Crippen LogP contribution in [-0.4, -0.2) is 17.0 Å². The summed E-state index contributed by atoms with van der Waals surface area (Å²) in [4.78, 5) is 12.8. The van der Waals surface area contributed by atoms with E-state index >= 15 is 0 Å². The van der Waals surface area contributed by atoms with Gasteiger partial charge in [-0.25, -0.2) is 4.39 Å². The average Bonchev–Trinajstić information content (AvgIpc) is 2.88. The SMILES string of the molecule is O=C1c2cc(F)ccc2OC(c2cccs2)C1O. The zero-order valence-electron chi connectivity index (χ0n) is 9.17. The molecule has 0 spiro atoms. The third-order valence-electron chi connectivity index (χ3n) is 2.84. The summed E-state index contributed by atoms with van der Waals surface area (Å²) in [5, 5.41) is 11.8. The van der Waals surface area contributed by atoms with Gasteiger partial charge in [-0.3, -0.25) is 4.79 Å². The molecule has 0 bridgehead atoms. The van der Waals surface area contributed by atoms with Gasteiger partial charge in [-0.1, -0.05) is 6.07 Å². The number of hydrogen-bond acceptors (Lipinski definition) is 4. The summed E-state index contributed by atoms with van der Waals surface area (Å²) >= 11 is 1.40. The number of ether oxygens (including phenoxy) is 1. The van der Waals surface area contributed by atoms with E-state index < -0.39 is 23.8 Å². The molecule has 3 nitrogen and oxygen atoms in total. The van der Waals surface area contributed by atoms with E-state index in [-0.39, 0.29) is 5.56 Å². The van der Waals surface area contributed by atoms with Crippen molar-refractivity contribution in [3.05, 3.63) is 52.0 Å². The maximum Gasteiger partial charge on any atom is 0.199 e. The van der Waals surface area contributed by atoms with E-state index in [1.54, 1.807) is 6.07 Å². The van der Waals surface area contributed by atoms with Gasteiger partial charge in [0.05, 0.1) is 5.56 Å². The minimum Gasteiger partial charge on any atom is -0.481 e. The van der Waals surface area contributed by atoms with Crippen LogP contribution in [0, 0.1) is 5.82 Å². The lowest BCUT2D eigenvalue weighted by Gasteiger charge is -2.28. The second kappa shape index (κ2) is 4.19. The topological polar surface area (TPSA) is 46.5 Å². The highest BCUT2D eigenvalue weighted by molar-refractivity contribution is 7.10. The van der Waals surface area contributed by atoms with Gasteiger partial charge in [-0.05, 0) is 29.6 Å². The third kappa shape index (κ3) is 1.72. The van der Waals surface area contributed by atoms with Crippen molar-refractivity contribution < 1.29 is 19.0 Å². The fourth-order valence-electron chi connectivity index (χ4n) is 1.96. The predicted octanol–water partition coefficient (Wildman–Crippen LogP) is 2.56. The molecule has 5 heteroatoms. The molecule has 2 heterocycles. The van der Waals surface area contributed by atoms with Crippen LogP contribution in [0.2, 0.25) is 0 Å². The minimum absolute atomic E-state index is 0.0929. The molecule has 1 aliphatic rings. The van der Waals surface area contributed by atoms with Gasteiger partial charge in [0.2, 0.25) is 0 Å². The lowest BCUT2D eigenvalue weighted by Crippen LogP contribution is -2.35.